The Hall–Kier alpha value is -2.98. The third kappa shape index (κ3) is 4.77. The largest absolute Gasteiger partial charge is 0.340 e. The molecule has 3 nitrogen and oxygen atoms in total. The molecule has 0 aromatic heterocycles. The number of hydrogen-bond acceptors (Lipinski definition) is 2. The highest BCUT2D eigenvalue weighted by atomic mass is 19.1. The van der Waals surface area contributed by atoms with Crippen molar-refractivity contribution in [2.45, 2.75) is 19.4 Å². The normalized spacial score (nSPS) is 15.7. The van der Waals surface area contributed by atoms with Crippen LogP contribution in [0.3, 0.4) is 0 Å². The van der Waals surface area contributed by atoms with E-state index in [1.54, 1.807) is 12.1 Å². The maximum Gasteiger partial charge on any atom is 0.227 e. The van der Waals surface area contributed by atoms with E-state index in [2.05, 4.69) is 60.4 Å². The van der Waals surface area contributed by atoms with E-state index in [0.29, 0.717) is 19.5 Å². The number of carbonyl (C=O) groups is 1. The van der Waals surface area contributed by atoms with Gasteiger partial charge in [-0.3, -0.25) is 9.69 Å². The van der Waals surface area contributed by atoms with Gasteiger partial charge in [-0.15, -0.1) is 0 Å². The van der Waals surface area contributed by atoms with Gasteiger partial charge in [0.15, 0.2) is 0 Å². The lowest BCUT2D eigenvalue weighted by molar-refractivity contribution is -0.132. The third-order valence-electron chi connectivity index (χ3n) is 5.81. The van der Waals surface area contributed by atoms with Crippen molar-refractivity contribution in [3.63, 3.8) is 0 Å². The number of benzene rings is 3. The second-order valence-electron chi connectivity index (χ2n) is 7.94. The van der Waals surface area contributed by atoms with Crippen LogP contribution in [0.25, 0.3) is 0 Å². The average molecular weight is 403 g/mol. The first-order valence-corrected chi connectivity index (χ1v) is 10.5. The van der Waals surface area contributed by atoms with Crippen LogP contribution in [0.4, 0.5) is 4.39 Å². The summed E-state index contributed by atoms with van der Waals surface area (Å²) in [5, 5.41) is 0. The Morgan fingerprint density at radius 2 is 1.43 bits per heavy atom. The van der Waals surface area contributed by atoms with Crippen molar-refractivity contribution in [1.29, 1.82) is 0 Å². The summed E-state index contributed by atoms with van der Waals surface area (Å²) in [6.07, 6.45) is 0.320. The molecule has 1 heterocycles. The van der Waals surface area contributed by atoms with Crippen LogP contribution >= 0.6 is 0 Å². The van der Waals surface area contributed by atoms with Crippen LogP contribution < -0.4 is 0 Å². The van der Waals surface area contributed by atoms with Crippen LogP contribution in [0.2, 0.25) is 0 Å². The van der Waals surface area contributed by atoms with Crippen molar-refractivity contribution in [2.75, 3.05) is 26.2 Å². The van der Waals surface area contributed by atoms with Gasteiger partial charge in [0.25, 0.3) is 0 Å². The summed E-state index contributed by atoms with van der Waals surface area (Å²) in [5.41, 5.74) is 4.65. The van der Waals surface area contributed by atoms with Gasteiger partial charge in [-0.1, -0.05) is 72.3 Å². The van der Waals surface area contributed by atoms with Gasteiger partial charge in [-0.05, 0) is 35.7 Å². The number of nitrogens with zero attached hydrogens (tertiary/aromatic N) is 2. The molecule has 0 bridgehead atoms. The minimum absolute atomic E-state index is 0.104. The van der Waals surface area contributed by atoms with Gasteiger partial charge >= 0.3 is 0 Å². The maximum atomic E-state index is 13.1. The first-order valence-electron chi connectivity index (χ1n) is 10.5. The number of carbonyl (C=O) groups excluding carboxylic acids is 1. The van der Waals surface area contributed by atoms with Crippen molar-refractivity contribution in [1.82, 2.24) is 9.80 Å². The summed E-state index contributed by atoms with van der Waals surface area (Å²) >= 11 is 0. The molecule has 3 aromatic carbocycles. The van der Waals surface area contributed by atoms with Crippen LogP contribution in [0.5, 0.6) is 0 Å². The number of piperazine rings is 1. The fraction of sp³-hybridized carbons (Fsp3) is 0.269. The highest BCUT2D eigenvalue weighted by Gasteiger charge is 2.28. The molecule has 1 aliphatic rings. The molecule has 1 amide bonds. The predicted molar refractivity (Wildman–Crippen MR) is 118 cm³/mol. The quantitative estimate of drug-likeness (QED) is 0.622. The van der Waals surface area contributed by atoms with Crippen molar-refractivity contribution < 1.29 is 9.18 Å². The molecular weight excluding hydrogens is 375 g/mol. The monoisotopic (exact) mass is 402 g/mol. The summed E-state index contributed by atoms with van der Waals surface area (Å²) < 4.78 is 13.1. The second kappa shape index (κ2) is 9.23. The molecule has 4 rings (SSSR count). The molecule has 0 aliphatic carbocycles. The van der Waals surface area contributed by atoms with Gasteiger partial charge in [-0.25, -0.2) is 4.39 Å². The number of rotatable bonds is 5. The highest BCUT2D eigenvalue weighted by Crippen LogP contribution is 2.30. The molecule has 0 saturated carbocycles. The van der Waals surface area contributed by atoms with Crippen molar-refractivity contribution >= 4 is 5.91 Å². The number of halogens is 1. The van der Waals surface area contributed by atoms with E-state index in [-0.39, 0.29) is 17.8 Å². The van der Waals surface area contributed by atoms with Crippen LogP contribution in [0.1, 0.15) is 28.3 Å². The molecule has 0 radical (unpaired) electrons. The Morgan fingerprint density at radius 3 is 2.07 bits per heavy atom. The van der Waals surface area contributed by atoms with Gasteiger partial charge < -0.3 is 4.90 Å². The summed E-state index contributed by atoms with van der Waals surface area (Å²) in [6.45, 7) is 5.16. The van der Waals surface area contributed by atoms with Crippen molar-refractivity contribution in [2.24, 2.45) is 0 Å². The minimum Gasteiger partial charge on any atom is -0.340 e. The summed E-state index contributed by atoms with van der Waals surface area (Å²) in [7, 11) is 0. The van der Waals surface area contributed by atoms with Crippen LogP contribution in [-0.4, -0.2) is 41.9 Å². The first-order chi connectivity index (χ1) is 14.6. The lowest BCUT2D eigenvalue weighted by Gasteiger charge is -2.40. The van der Waals surface area contributed by atoms with Crippen LogP contribution in [-0.2, 0) is 11.2 Å². The third-order valence-corrected chi connectivity index (χ3v) is 5.81. The van der Waals surface area contributed by atoms with E-state index in [9.17, 15) is 9.18 Å². The van der Waals surface area contributed by atoms with Crippen molar-refractivity contribution in [3.8, 4) is 0 Å². The van der Waals surface area contributed by atoms with E-state index in [1.807, 2.05) is 11.0 Å². The Bertz CT molecular complexity index is 962. The lowest BCUT2D eigenvalue weighted by Crippen LogP contribution is -2.50. The number of aryl methyl sites for hydroxylation is 1. The maximum absolute atomic E-state index is 13.1. The Balaban J connectivity index is 1.45. The molecule has 1 aliphatic heterocycles. The molecule has 0 N–H and O–H groups in total. The summed E-state index contributed by atoms with van der Waals surface area (Å²) in [6, 6.07) is 25.7. The molecule has 1 saturated heterocycles. The van der Waals surface area contributed by atoms with Gasteiger partial charge in [-0.2, -0.15) is 0 Å². The molecule has 1 atom stereocenters. The molecule has 0 spiro atoms. The average Bonchev–Trinajstić information content (AvgIpc) is 2.78. The molecule has 4 heteroatoms. The Labute approximate surface area is 177 Å². The van der Waals surface area contributed by atoms with E-state index >= 15 is 0 Å². The molecule has 154 valence electrons. The lowest BCUT2D eigenvalue weighted by atomic mass is 9.95. The first kappa shape index (κ1) is 20.3. The molecule has 3 aromatic rings. The predicted octanol–water partition coefficient (Wildman–Crippen LogP) is 4.61. The standard InChI is InChI=1S/C26H27FN2O/c1-20-7-11-23(12-8-20)26(22-5-3-2-4-6-22)29-17-15-28(16-18-29)25(30)19-21-9-13-24(27)14-10-21/h2-14,26H,15-19H2,1H3/t26-/m0/s1. The zero-order valence-corrected chi connectivity index (χ0v) is 17.3. The van der Waals surface area contributed by atoms with E-state index in [0.717, 1.165) is 18.7 Å². The van der Waals surface area contributed by atoms with Crippen molar-refractivity contribution in [3.05, 3.63) is 107 Å². The summed E-state index contributed by atoms with van der Waals surface area (Å²) in [4.78, 5) is 17.1. The molecular formula is C26H27FN2O. The Kier molecular flexibility index (Phi) is 6.24. The zero-order valence-electron chi connectivity index (χ0n) is 17.3. The number of amides is 1. The highest BCUT2D eigenvalue weighted by molar-refractivity contribution is 5.78. The molecule has 0 unspecified atom stereocenters. The van der Waals surface area contributed by atoms with Gasteiger partial charge in [0, 0.05) is 26.2 Å². The molecule has 1 fully saturated rings. The SMILES string of the molecule is Cc1ccc([C@H](c2ccccc2)N2CCN(C(=O)Cc3ccc(F)cc3)CC2)cc1. The Morgan fingerprint density at radius 1 is 0.833 bits per heavy atom. The van der Waals surface area contributed by atoms with E-state index in [4.69, 9.17) is 0 Å². The van der Waals surface area contributed by atoms with Gasteiger partial charge in [0.1, 0.15) is 5.82 Å². The van der Waals surface area contributed by atoms with Crippen LogP contribution in [0.15, 0.2) is 78.9 Å². The zero-order chi connectivity index (χ0) is 20.9. The minimum atomic E-state index is -0.275. The van der Waals surface area contributed by atoms with Gasteiger partial charge in [0.05, 0.1) is 12.5 Å². The second-order valence-corrected chi connectivity index (χ2v) is 7.94. The topological polar surface area (TPSA) is 23.6 Å². The smallest absolute Gasteiger partial charge is 0.227 e. The van der Waals surface area contributed by atoms with Crippen LogP contribution in [0, 0.1) is 12.7 Å². The van der Waals surface area contributed by atoms with E-state index < -0.39 is 0 Å². The fourth-order valence-corrected chi connectivity index (χ4v) is 4.12. The molecule has 30 heavy (non-hydrogen) atoms. The van der Waals surface area contributed by atoms with Gasteiger partial charge in [0.2, 0.25) is 5.91 Å². The van der Waals surface area contributed by atoms with E-state index in [1.165, 1.54) is 28.8 Å². The number of hydrogen-bond donors (Lipinski definition) is 0. The fourth-order valence-electron chi connectivity index (χ4n) is 4.12. The summed E-state index contributed by atoms with van der Waals surface area (Å²) in [5.74, 6) is -0.171.